The van der Waals surface area contributed by atoms with Gasteiger partial charge in [-0.15, -0.1) is 0 Å². The first-order valence-corrected chi connectivity index (χ1v) is 9.64. The molecule has 2 atom stereocenters. The van der Waals surface area contributed by atoms with Crippen LogP contribution in [0.2, 0.25) is 0 Å². The Labute approximate surface area is 175 Å². The molecule has 1 aliphatic heterocycles. The molecule has 7 nitrogen and oxygen atoms in total. The van der Waals surface area contributed by atoms with Crippen molar-refractivity contribution in [3.05, 3.63) is 77.0 Å². The zero-order valence-electron chi connectivity index (χ0n) is 17.1. The lowest BCUT2D eigenvalue weighted by atomic mass is 9.80. The van der Waals surface area contributed by atoms with Crippen molar-refractivity contribution in [1.82, 2.24) is 10.6 Å². The zero-order valence-corrected chi connectivity index (χ0v) is 17.1. The maximum atomic E-state index is 12.9. The zero-order chi connectivity index (χ0) is 21.7. The van der Waals surface area contributed by atoms with Crippen LogP contribution < -0.4 is 15.4 Å². The lowest BCUT2D eigenvalue weighted by Gasteiger charge is -2.34. The number of ether oxygens (including phenoxy) is 2. The summed E-state index contributed by atoms with van der Waals surface area (Å²) in [5.74, 6) is -1.41. The standard InChI is InChI=1S/C23H24N2O5/c1-4-30-23(28)18-14(2)24-22(27)20(25-21(26)16-8-6-5-7-9-16)19(18)15-10-12-17(29-3)13-11-15/h5-13,19-20H,4H2,1-3H3,(H,24,27)(H,25,26)/t19-,20-/m1/s1. The largest absolute Gasteiger partial charge is 0.497 e. The average molecular weight is 408 g/mol. The molecule has 2 N–H and O–H groups in total. The van der Waals surface area contributed by atoms with Crippen molar-refractivity contribution in [2.45, 2.75) is 25.8 Å². The van der Waals surface area contributed by atoms with E-state index < -0.39 is 29.7 Å². The summed E-state index contributed by atoms with van der Waals surface area (Å²) in [5.41, 5.74) is 1.82. The van der Waals surface area contributed by atoms with Gasteiger partial charge in [-0.1, -0.05) is 30.3 Å². The Kier molecular flexibility index (Phi) is 6.51. The number of benzene rings is 2. The van der Waals surface area contributed by atoms with Gasteiger partial charge in [-0.3, -0.25) is 9.59 Å². The topological polar surface area (TPSA) is 93.7 Å². The van der Waals surface area contributed by atoms with Crippen LogP contribution >= 0.6 is 0 Å². The van der Waals surface area contributed by atoms with E-state index in [0.29, 0.717) is 28.1 Å². The van der Waals surface area contributed by atoms with Gasteiger partial charge in [-0.2, -0.15) is 0 Å². The summed E-state index contributed by atoms with van der Waals surface area (Å²) in [6.07, 6.45) is 0. The number of carbonyl (C=O) groups excluding carboxylic acids is 3. The second-order valence-electron chi connectivity index (χ2n) is 6.82. The molecule has 0 unspecified atom stereocenters. The molecule has 0 aromatic heterocycles. The van der Waals surface area contributed by atoms with Gasteiger partial charge in [0, 0.05) is 17.2 Å². The van der Waals surface area contributed by atoms with Gasteiger partial charge in [0.2, 0.25) is 5.91 Å². The molecule has 2 amide bonds. The molecule has 7 heteroatoms. The molecule has 156 valence electrons. The second-order valence-corrected chi connectivity index (χ2v) is 6.82. The van der Waals surface area contributed by atoms with Crippen molar-refractivity contribution in [3.8, 4) is 5.75 Å². The molecule has 0 radical (unpaired) electrons. The van der Waals surface area contributed by atoms with E-state index in [1.165, 1.54) is 0 Å². The summed E-state index contributed by atoms with van der Waals surface area (Å²) in [6.45, 7) is 3.56. The summed E-state index contributed by atoms with van der Waals surface area (Å²) in [4.78, 5) is 38.4. The van der Waals surface area contributed by atoms with Crippen molar-refractivity contribution in [3.63, 3.8) is 0 Å². The monoisotopic (exact) mass is 408 g/mol. The molecule has 0 saturated heterocycles. The van der Waals surface area contributed by atoms with Gasteiger partial charge in [-0.05, 0) is 43.7 Å². The minimum Gasteiger partial charge on any atom is -0.497 e. The summed E-state index contributed by atoms with van der Waals surface area (Å²) < 4.78 is 10.4. The number of nitrogens with one attached hydrogen (secondary N) is 2. The third-order valence-corrected chi connectivity index (χ3v) is 4.93. The Morgan fingerprint density at radius 3 is 2.33 bits per heavy atom. The van der Waals surface area contributed by atoms with Crippen molar-refractivity contribution in [1.29, 1.82) is 0 Å². The van der Waals surface area contributed by atoms with E-state index in [0.717, 1.165) is 0 Å². The van der Waals surface area contributed by atoms with E-state index in [2.05, 4.69) is 10.6 Å². The molecule has 0 spiro atoms. The number of carbonyl (C=O) groups is 3. The van der Waals surface area contributed by atoms with E-state index in [1.54, 1.807) is 75.6 Å². The van der Waals surface area contributed by atoms with Crippen molar-refractivity contribution in [2.24, 2.45) is 0 Å². The van der Waals surface area contributed by atoms with E-state index in [9.17, 15) is 14.4 Å². The first kappa shape index (κ1) is 21.1. The molecule has 0 bridgehead atoms. The smallest absolute Gasteiger partial charge is 0.336 e. The molecule has 1 heterocycles. The van der Waals surface area contributed by atoms with Crippen LogP contribution in [0.3, 0.4) is 0 Å². The Hall–Kier alpha value is -3.61. The summed E-state index contributed by atoms with van der Waals surface area (Å²) in [6, 6.07) is 14.6. The van der Waals surface area contributed by atoms with E-state index in [-0.39, 0.29) is 6.61 Å². The van der Waals surface area contributed by atoms with Gasteiger partial charge in [-0.25, -0.2) is 4.79 Å². The molecular formula is C23H24N2O5. The van der Waals surface area contributed by atoms with Crippen molar-refractivity contribution in [2.75, 3.05) is 13.7 Å². The third-order valence-electron chi connectivity index (χ3n) is 4.93. The molecule has 30 heavy (non-hydrogen) atoms. The third kappa shape index (κ3) is 4.35. The van der Waals surface area contributed by atoms with E-state index >= 15 is 0 Å². The minimum atomic E-state index is -0.991. The molecule has 0 aliphatic carbocycles. The Morgan fingerprint density at radius 2 is 1.73 bits per heavy atom. The molecule has 2 aromatic rings. The fourth-order valence-electron chi connectivity index (χ4n) is 3.50. The maximum Gasteiger partial charge on any atom is 0.336 e. The Morgan fingerprint density at radius 1 is 1.07 bits per heavy atom. The lowest BCUT2D eigenvalue weighted by molar-refractivity contribution is -0.139. The van der Waals surface area contributed by atoms with Crippen LogP contribution in [-0.4, -0.2) is 37.5 Å². The maximum absolute atomic E-state index is 12.9. The molecular weight excluding hydrogens is 384 g/mol. The number of methoxy groups -OCH3 is 1. The lowest BCUT2D eigenvalue weighted by Crippen LogP contribution is -2.54. The highest BCUT2D eigenvalue weighted by Gasteiger charge is 2.42. The van der Waals surface area contributed by atoms with E-state index in [4.69, 9.17) is 9.47 Å². The van der Waals surface area contributed by atoms with Crippen LogP contribution in [0.15, 0.2) is 65.9 Å². The summed E-state index contributed by atoms with van der Waals surface area (Å²) in [5, 5.41) is 5.48. The van der Waals surface area contributed by atoms with Gasteiger partial charge in [0.1, 0.15) is 11.8 Å². The first-order valence-electron chi connectivity index (χ1n) is 9.64. The quantitative estimate of drug-likeness (QED) is 0.717. The minimum absolute atomic E-state index is 0.194. The predicted molar refractivity (Wildman–Crippen MR) is 111 cm³/mol. The second kappa shape index (κ2) is 9.26. The molecule has 3 rings (SSSR count). The predicted octanol–water partition coefficient (Wildman–Crippen LogP) is 2.54. The summed E-state index contributed by atoms with van der Waals surface area (Å²) in [7, 11) is 1.56. The Balaban J connectivity index is 2.04. The van der Waals surface area contributed by atoms with Crippen LogP contribution in [-0.2, 0) is 14.3 Å². The average Bonchev–Trinajstić information content (AvgIpc) is 2.76. The molecule has 0 saturated carbocycles. The van der Waals surface area contributed by atoms with Gasteiger partial charge >= 0.3 is 5.97 Å². The number of esters is 1. The van der Waals surface area contributed by atoms with Gasteiger partial charge in [0.25, 0.3) is 5.91 Å². The van der Waals surface area contributed by atoms with Crippen molar-refractivity contribution >= 4 is 17.8 Å². The fourth-order valence-corrected chi connectivity index (χ4v) is 3.50. The number of rotatable bonds is 6. The highest BCUT2D eigenvalue weighted by molar-refractivity contribution is 6.02. The normalized spacial score (nSPS) is 18.4. The van der Waals surface area contributed by atoms with Crippen LogP contribution in [0.4, 0.5) is 0 Å². The van der Waals surface area contributed by atoms with Gasteiger partial charge < -0.3 is 20.1 Å². The SMILES string of the molecule is CCOC(=O)C1=C(C)NC(=O)[C@H](NC(=O)c2ccccc2)[C@@H]1c1ccc(OC)cc1. The van der Waals surface area contributed by atoms with Crippen LogP contribution in [0, 0.1) is 0 Å². The fraction of sp³-hybridized carbons (Fsp3) is 0.261. The van der Waals surface area contributed by atoms with Crippen LogP contribution in [0.5, 0.6) is 5.75 Å². The molecule has 2 aromatic carbocycles. The molecule has 0 fully saturated rings. The van der Waals surface area contributed by atoms with Crippen LogP contribution in [0.1, 0.15) is 35.7 Å². The summed E-state index contributed by atoms with van der Waals surface area (Å²) >= 11 is 0. The van der Waals surface area contributed by atoms with Crippen molar-refractivity contribution < 1.29 is 23.9 Å². The highest BCUT2D eigenvalue weighted by Crippen LogP contribution is 2.35. The number of allylic oxidation sites excluding steroid dienone is 1. The number of hydrogen-bond donors (Lipinski definition) is 2. The number of amides is 2. The van der Waals surface area contributed by atoms with Gasteiger partial charge in [0.05, 0.1) is 19.3 Å². The van der Waals surface area contributed by atoms with E-state index in [1.807, 2.05) is 0 Å². The number of hydrogen-bond acceptors (Lipinski definition) is 5. The first-order chi connectivity index (χ1) is 14.5. The molecule has 1 aliphatic rings. The Bertz CT molecular complexity index is 967. The highest BCUT2D eigenvalue weighted by atomic mass is 16.5. The van der Waals surface area contributed by atoms with Gasteiger partial charge in [0.15, 0.2) is 0 Å². The van der Waals surface area contributed by atoms with Crippen LogP contribution in [0.25, 0.3) is 0 Å².